The van der Waals surface area contributed by atoms with Crippen LogP contribution in [-0.4, -0.2) is 62.2 Å². The van der Waals surface area contributed by atoms with Gasteiger partial charge in [0, 0.05) is 6.54 Å². The number of esters is 1. The van der Waals surface area contributed by atoms with Crippen molar-refractivity contribution in [3.8, 4) is 5.75 Å². The highest BCUT2D eigenvalue weighted by atomic mass is 28.4. The van der Waals surface area contributed by atoms with Crippen LogP contribution in [0.3, 0.4) is 0 Å². The first kappa shape index (κ1) is 20.8. The van der Waals surface area contributed by atoms with Gasteiger partial charge in [0.15, 0.2) is 13.9 Å². The SMILES string of the molecule is COC(=O)[C@]1(CO)N(Cc2ccc(OC)cc2)C(=O)[C@@H]2CC[Si](C)(C)O[C@@]21C. The molecule has 28 heavy (non-hydrogen) atoms. The Bertz CT molecular complexity index is 766. The smallest absolute Gasteiger partial charge is 0.337 e. The third-order valence-electron chi connectivity index (χ3n) is 6.29. The molecule has 1 amide bonds. The molecule has 154 valence electrons. The molecule has 2 fully saturated rings. The number of methoxy groups -OCH3 is 2. The summed E-state index contributed by atoms with van der Waals surface area (Å²) in [5.74, 6) is -0.608. The third-order valence-corrected chi connectivity index (χ3v) is 8.76. The van der Waals surface area contributed by atoms with E-state index >= 15 is 0 Å². The molecule has 3 atom stereocenters. The molecule has 0 aliphatic carbocycles. The molecule has 1 N–H and O–H groups in total. The van der Waals surface area contributed by atoms with Gasteiger partial charge in [-0.3, -0.25) is 4.79 Å². The van der Waals surface area contributed by atoms with Crippen molar-refractivity contribution in [2.45, 2.75) is 50.2 Å². The molecule has 0 bridgehead atoms. The van der Waals surface area contributed by atoms with Crippen LogP contribution < -0.4 is 4.74 Å². The number of rotatable bonds is 5. The van der Waals surface area contributed by atoms with E-state index in [1.54, 1.807) is 26.2 Å². The summed E-state index contributed by atoms with van der Waals surface area (Å²) in [6.07, 6.45) is 0.645. The minimum atomic E-state index is -2.09. The summed E-state index contributed by atoms with van der Waals surface area (Å²) < 4.78 is 16.8. The highest BCUT2D eigenvalue weighted by molar-refractivity contribution is 6.71. The molecule has 7 nitrogen and oxygen atoms in total. The van der Waals surface area contributed by atoms with Crippen molar-refractivity contribution in [2.75, 3.05) is 20.8 Å². The van der Waals surface area contributed by atoms with Crippen LogP contribution in [0.4, 0.5) is 0 Å². The molecule has 3 rings (SSSR count). The number of fused-ring (bicyclic) bond motifs is 1. The van der Waals surface area contributed by atoms with Crippen LogP contribution in [0.25, 0.3) is 0 Å². The number of amides is 1. The van der Waals surface area contributed by atoms with Gasteiger partial charge in [-0.2, -0.15) is 0 Å². The lowest BCUT2D eigenvalue weighted by Crippen LogP contribution is -2.69. The van der Waals surface area contributed by atoms with Crippen molar-refractivity contribution in [2.24, 2.45) is 5.92 Å². The Morgan fingerprint density at radius 3 is 2.50 bits per heavy atom. The second kappa shape index (κ2) is 7.17. The number of nitrogens with zero attached hydrogens (tertiary/aromatic N) is 1. The molecular weight excluding hydrogens is 378 g/mol. The standard InChI is InChI=1S/C20H29NO6Si/c1-19-16(10-11-28(4,5)27-19)17(23)21(20(19,13-22)18(24)26-3)12-14-6-8-15(25-2)9-7-14/h6-9,16,22H,10-13H2,1-5H3/t16-,19-,20-/m0/s1. The summed E-state index contributed by atoms with van der Waals surface area (Å²) in [6.45, 7) is 5.55. The minimum Gasteiger partial charge on any atom is -0.497 e. The van der Waals surface area contributed by atoms with E-state index < -0.39 is 38.0 Å². The van der Waals surface area contributed by atoms with Crippen LogP contribution in [-0.2, 0) is 25.3 Å². The van der Waals surface area contributed by atoms with Crippen LogP contribution >= 0.6 is 0 Å². The van der Waals surface area contributed by atoms with E-state index in [4.69, 9.17) is 13.9 Å². The Morgan fingerprint density at radius 2 is 1.96 bits per heavy atom. The van der Waals surface area contributed by atoms with Crippen LogP contribution in [0, 0.1) is 5.92 Å². The Kier molecular flexibility index (Phi) is 5.33. The third kappa shape index (κ3) is 2.94. The molecule has 2 aliphatic heterocycles. The van der Waals surface area contributed by atoms with Crippen molar-refractivity contribution in [3.05, 3.63) is 29.8 Å². The quantitative estimate of drug-likeness (QED) is 0.593. The molecule has 1 aromatic rings. The predicted molar refractivity (Wildman–Crippen MR) is 105 cm³/mol. The van der Waals surface area contributed by atoms with Gasteiger partial charge >= 0.3 is 5.97 Å². The minimum absolute atomic E-state index is 0.177. The Hall–Kier alpha value is -1.90. The van der Waals surface area contributed by atoms with Crippen molar-refractivity contribution in [1.82, 2.24) is 4.90 Å². The predicted octanol–water partition coefficient (Wildman–Crippen LogP) is 1.94. The number of aliphatic hydroxyl groups excluding tert-OH is 1. The van der Waals surface area contributed by atoms with E-state index in [-0.39, 0.29) is 12.5 Å². The van der Waals surface area contributed by atoms with Gasteiger partial charge < -0.3 is 23.9 Å². The number of hydrogen-bond donors (Lipinski definition) is 1. The van der Waals surface area contributed by atoms with Crippen molar-refractivity contribution >= 4 is 20.2 Å². The fourth-order valence-corrected chi connectivity index (χ4v) is 7.30. The van der Waals surface area contributed by atoms with Gasteiger partial charge in [0.1, 0.15) is 11.4 Å². The number of carbonyl (C=O) groups is 2. The fourth-order valence-electron chi connectivity index (χ4n) is 4.75. The van der Waals surface area contributed by atoms with Crippen LogP contribution in [0.15, 0.2) is 24.3 Å². The summed E-state index contributed by atoms with van der Waals surface area (Å²) in [5, 5.41) is 10.5. The van der Waals surface area contributed by atoms with Crippen LogP contribution in [0.5, 0.6) is 5.75 Å². The average Bonchev–Trinajstić information content (AvgIpc) is 2.84. The summed E-state index contributed by atoms with van der Waals surface area (Å²) in [6, 6.07) is 8.12. The van der Waals surface area contributed by atoms with E-state index in [1.165, 1.54) is 12.0 Å². The van der Waals surface area contributed by atoms with E-state index in [1.807, 2.05) is 12.1 Å². The van der Waals surface area contributed by atoms with E-state index in [9.17, 15) is 14.7 Å². The molecule has 0 aromatic heterocycles. The zero-order chi connectivity index (χ0) is 20.7. The van der Waals surface area contributed by atoms with Crippen molar-refractivity contribution < 1.29 is 28.6 Å². The molecular formula is C20H29NO6Si. The highest BCUT2D eigenvalue weighted by Crippen LogP contribution is 2.53. The average molecular weight is 408 g/mol. The van der Waals surface area contributed by atoms with E-state index in [0.717, 1.165) is 11.6 Å². The molecule has 2 aliphatic rings. The Balaban J connectivity index is 2.08. The molecule has 8 heteroatoms. The summed E-state index contributed by atoms with van der Waals surface area (Å²) in [4.78, 5) is 27.9. The topological polar surface area (TPSA) is 85.3 Å². The monoisotopic (exact) mass is 407 g/mol. The maximum atomic E-state index is 13.4. The number of carbonyl (C=O) groups excluding carboxylic acids is 2. The van der Waals surface area contributed by atoms with Crippen molar-refractivity contribution in [1.29, 1.82) is 0 Å². The molecule has 1 aromatic carbocycles. The number of likely N-dealkylation sites (tertiary alicyclic amines) is 1. The Morgan fingerprint density at radius 1 is 1.32 bits per heavy atom. The maximum Gasteiger partial charge on any atom is 0.337 e. The van der Waals surface area contributed by atoms with E-state index in [0.29, 0.717) is 12.2 Å². The maximum absolute atomic E-state index is 13.4. The van der Waals surface area contributed by atoms with Crippen LogP contribution in [0.2, 0.25) is 19.1 Å². The highest BCUT2D eigenvalue weighted by Gasteiger charge is 2.73. The molecule has 0 saturated carbocycles. The van der Waals surface area contributed by atoms with Gasteiger partial charge in [0.2, 0.25) is 5.91 Å². The van der Waals surface area contributed by atoms with Crippen LogP contribution in [0.1, 0.15) is 18.9 Å². The molecule has 2 saturated heterocycles. The number of benzene rings is 1. The van der Waals surface area contributed by atoms with Gasteiger partial charge in [-0.15, -0.1) is 0 Å². The van der Waals surface area contributed by atoms with Gasteiger partial charge in [0.25, 0.3) is 0 Å². The normalized spacial score (nSPS) is 31.4. The lowest BCUT2D eigenvalue weighted by molar-refractivity contribution is -0.174. The number of ether oxygens (including phenoxy) is 2. The zero-order valence-electron chi connectivity index (χ0n) is 17.2. The first-order chi connectivity index (χ1) is 13.1. The molecule has 0 radical (unpaired) electrons. The first-order valence-corrected chi connectivity index (χ1v) is 12.6. The largest absolute Gasteiger partial charge is 0.497 e. The van der Waals surface area contributed by atoms with Gasteiger partial charge in [-0.05, 0) is 50.2 Å². The van der Waals surface area contributed by atoms with Gasteiger partial charge in [-0.25, -0.2) is 4.79 Å². The summed E-state index contributed by atoms with van der Waals surface area (Å²) in [7, 11) is 0.770. The molecule has 0 unspecified atom stereocenters. The molecule has 2 heterocycles. The first-order valence-electron chi connectivity index (χ1n) is 9.49. The number of hydrogen-bond acceptors (Lipinski definition) is 6. The Labute approximate surface area is 166 Å². The number of aliphatic hydroxyl groups is 1. The van der Waals surface area contributed by atoms with Gasteiger partial charge in [-0.1, -0.05) is 12.1 Å². The van der Waals surface area contributed by atoms with E-state index in [2.05, 4.69) is 13.1 Å². The van der Waals surface area contributed by atoms with Crippen molar-refractivity contribution in [3.63, 3.8) is 0 Å². The summed E-state index contributed by atoms with van der Waals surface area (Å²) in [5.41, 5.74) is -1.88. The summed E-state index contributed by atoms with van der Waals surface area (Å²) >= 11 is 0. The lowest BCUT2D eigenvalue weighted by Gasteiger charge is -2.50. The zero-order valence-corrected chi connectivity index (χ0v) is 18.2. The van der Waals surface area contributed by atoms with Gasteiger partial charge in [0.05, 0.1) is 26.7 Å². The fraction of sp³-hybridized carbons (Fsp3) is 0.600. The molecule has 0 spiro atoms. The second-order valence-corrected chi connectivity index (χ2v) is 12.6. The lowest BCUT2D eigenvalue weighted by atomic mass is 9.75. The second-order valence-electron chi connectivity index (χ2n) is 8.34.